The molecule has 3 saturated heterocycles. The molecular weight excluding hydrogens is 632 g/mol. The van der Waals surface area contributed by atoms with Crippen molar-refractivity contribution in [3.05, 3.63) is 0 Å². The number of hydrogen-bond acceptors (Lipinski definition) is 9. The van der Waals surface area contributed by atoms with Gasteiger partial charge in [0.25, 0.3) is 0 Å². The van der Waals surface area contributed by atoms with Crippen molar-refractivity contribution in [3.63, 3.8) is 0 Å². The summed E-state index contributed by atoms with van der Waals surface area (Å²) >= 11 is 0. The average molecular weight is 701 g/mol. The third-order valence-electron chi connectivity index (χ3n) is 17.4. The number of carbonyl (C=O) groups is 1. The second-order valence-electron chi connectivity index (χ2n) is 20.8. The molecule has 3 aliphatic heterocycles. The van der Waals surface area contributed by atoms with Gasteiger partial charge >= 0.3 is 5.97 Å². The maximum absolute atomic E-state index is 12.6. The summed E-state index contributed by atoms with van der Waals surface area (Å²) in [5.41, 5.74) is -0.715. The molecular formula is C41H68N2O7. The van der Waals surface area contributed by atoms with Crippen LogP contribution >= 0.6 is 0 Å². The molecule has 9 nitrogen and oxygen atoms in total. The van der Waals surface area contributed by atoms with Crippen LogP contribution in [0.25, 0.3) is 0 Å². The Morgan fingerprint density at radius 1 is 1.00 bits per heavy atom. The number of fused-ring (bicyclic) bond motifs is 4. The molecule has 0 radical (unpaired) electrons. The SMILES string of the molecule is CC(=O)O[C@@H](C1C[C@@H](C)[C@H]2C(O1)[C@H](O)[C@@]1(C)C3CC[C@H]4C(C)(C)[C@@H](O[C@H]5CN(C6(C)CN(C)C6)CCO5)CC[C@@]45C[C@@]35CC[C@]21C)C(C)(C)O. The normalized spacial score (nSPS) is 51.6. The van der Waals surface area contributed by atoms with E-state index >= 15 is 0 Å². The van der Waals surface area contributed by atoms with Gasteiger partial charge in [-0.25, -0.2) is 0 Å². The maximum atomic E-state index is 12.6. The largest absolute Gasteiger partial charge is 0.457 e. The predicted molar refractivity (Wildman–Crippen MR) is 190 cm³/mol. The number of carbonyl (C=O) groups excluding carboxylic acids is 1. The fourth-order valence-electron chi connectivity index (χ4n) is 15.3. The van der Waals surface area contributed by atoms with Gasteiger partial charge in [0.1, 0.15) is 0 Å². The zero-order chi connectivity index (χ0) is 36.0. The monoisotopic (exact) mass is 701 g/mol. The lowest BCUT2D eigenvalue weighted by Gasteiger charge is -2.64. The molecule has 14 atom stereocenters. The van der Waals surface area contributed by atoms with Crippen molar-refractivity contribution < 1.29 is 34.0 Å². The lowest BCUT2D eigenvalue weighted by atomic mass is 9.41. The molecule has 8 rings (SSSR count). The summed E-state index contributed by atoms with van der Waals surface area (Å²) < 4.78 is 25.9. The summed E-state index contributed by atoms with van der Waals surface area (Å²) in [4.78, 5) is 17.1. The van der Waals surface area contributed by atoms with Gasteiger partial charge in [0.15, 0.2) is 12.4 Å². The van der Waals surface area contributed by atoms with Crippen LogP contribution in [0.3, 0.4) is 0 Å². The Hall–Kier alpha value is -0.810. The second-order valence-corrected chi connectivity index (χ2v) is 20.8. The van der Waals surface area contributed by atoms with Crippen LogP contribution in [-0.2, 0) is 23.7 Å². The number of esters is 1. The molecule has 0 bridgehead atoms. The first-order valence-electron chi connectivity index (χ1n) is 20.2. The lowest BCUT2D eigenvalue weighted by Crippen LogP contribution is -2.70. The zero-order valence-corrected chi connectivity index (χ0v) is 32.8. The van der Waals surface area contributed by atoms with E-state index in [-0.39, 0.29) is 57.5 Å². The Kier molecular flexibility index (Phi) is 8.22. The van der Waals surface area contributed by atoms with Gasteiger partial charge in [0.2, 0.25) is 0 Å². The van der Waals surface area contributed by atoms with E-state index in [0.717, 1.165) is 52.0 Å². The smallest absolute Gasteiger partial charge is 0.303 e. The van der Waals surface area contributed by atoms with Gasteiger partial charge in [-0.1, -0.05) is 34.6 Å². The lowest BCUT2D eigenvalue weighted by molar-refractivity contribution is -0.258. The molecule has 0 amide bonds. The number of ether oxygens (including phenoxy) is 4. The molecule has 9 heteroatoms. The molecule has 3 unspecified atom stereocenters. The number of rotatable bonds is 6. The second kappa shape index (κ2) is 11.4. The summed E-state index contributed by atoms with van der Waals surface area (Å²) in [5, 5.41) is 23.7. The number of likely N-dealkylation sites (N-methyl/N-ethyl adjacent to an activating group) is 1. The molecule has 0 aromatic heterocycles. The molecule has 3 heterocycles. The number of hydrogen-bond donors (Lipinski definition) is 2. The molecule has 8 fully saturated rings. The highest BCUT2D eigenvalue weighted by Gasteiger charge is 2.84. The van der Waals surface area contributed by atoms with Crippen molar-refractivity contribution in [1.82, 2.24) is 9.80 Å². The van der Waals surface area contributed by atoms with Gasteiger partial charge < -0.3 is 34.1 Å². The fraction of sp³-hybridized carbons (Fsp3) is 0.976. The van der Waals surface area contributed by atoms with Crippen LogP contribution in [0.2, 0.25) is 0 Å². The molecule has 5 aliphatic carbocycles. The minimum Gasteiger partial charge on any atom is -0.457 e. The van der Waals surface area contributed by atoms with Crippen molar-refractivity contribution >= 4 is 5.97 Å². The highest BCUT2D eigenvalue weighted by atomic mass is 16.7. The Morgan fingerprint density at radius 3 is 2.34 bits per heavy atom. The van der Waals surface area contributed by atoms with Gasteiger partial charge in [-0.05, 0) is 125 Å². The van der Waals surface area contributed by atoms with E-state index in [1.165, 1.54) is 32.6 Å². The predicted octanol–water partition coefficient (Wildman–Crippen LogP) is 5.25. The Morgan fingerprint density at radius 2 is 1.68 bits per heavy atom. The highest BCUT2D eigenvalue weighted by molar-refractivity contribution is 5.66. The van der Waals surface area contributed by atoms with E-state index in [0.29, 0.717) is 23.7 Å². The number of aliphatic hydroxyl groups is 2. The molecule has 0 aromatic carbocycles. The van der Waals surface area contributed by atoms with Gasteiger partial charge in [0.05, 0.1) is 43.2 Å². The van der Waals surface area contributed by atoms with Crippen LogP contribution in [0.1, 0.15) is 114 Å². The summed E-state index contributed by atoms with van der Waals surface area (Å²) in [6.07, 6.45) is 6.81. The average Bonchev–Trinajstić information content (AvgIpc) is 3.65. The van der Waals surface area contributed by atoms with E-state index in [1.54, 1.807) is 13.8 Å². The molecule has 2 spiro atoms. The number of morpholine rings is 1. The molecule has 284 valence electrons. The topological polar surface area (TPSA) is 101 Å². The summed E-state index contributed by atoms with van der Waals surface area (Å²) in [7, 11) is 2.20. The molecule has 0 aromatic rings. The first-order chi connectivity index (χ1) is 23.2. The van der Waals surface area contributed by atoms with Gasteiger partial charge in [-0.3, -0.25) is 9.69 Å². The maximum Gasteiger partial charge on any atom is 0.303 e. The number of likely N-dealkylation sites (tertiary alicyclic amines) is 1. The number of aliphatic hydroxyl groups excluding tert-OH is 1. The van der Waals surface area contributed by atoms with E-state index in [2.05, 4.69) is 58.4 Å². The van der Waals surface area contributed by atoms with E-state index < -0.39 is 29.9 Å². The Labute approximate surface area is 301 Å². The third kappa shape index (κ3) is 4.78. The Bertz CT molecular complexity index is 1360. The van der Waals surface area contributed by atoms with Crippen LogP contribution in [-0.4, -0.2) is 114 Å². The van der Waals surface area contributed by atoms with Crippen molar-refractivity contribution in [2.75, 3.05) is 39.8 Å². The summed E-state index contributed by atoms with van der Waals surface area (Å²) in [5.74, 6) is 1.13. The fourth-order valence-corrected chi connectivity index (χ4v) is 15.3. The molecule has 5 saturated carbocycles. The van der Waals surface area contributed by atoms with Gasteiger partial charge in [0, 0.05) is 37.5 Å². The van der Waals surface area contributed by atoms with E-state index in [1.807, 2.05) is 0 Å². The third-order valence-corrected chi connectivity index (χ3v) is 17.4. The Balaban J connectivity index is 1.01. The standard InChI is InChI=1S/C41H68N2O7/c1-24-19-26(34(36(5,6)46)48-25(2)44)49-32-31(24)38(8)15-16-41-21-40(41)14-13-29(35(3,4)27(40)11-12-28(41)39(38,9)33(32)45)50-30-20-43(17-18-47-30)37(7)22-42(10)23-37/h24,26-34,45-46H,11-23H2,1-10H3/t24-,26?,27+,28?,29+,30+,31+,32?,33+,34+,38-,39-,40-,41+/m1/s1. The van der Waals surface area contributed by atoms with Crippen LogP contribution in [0.5, 0.6) is 0 Å². The van der Waals surface area contributed by atoms with E-state index in [4.69, 9.17) is 18.9 Å². The van der Waals surface area contributed by atoms with Crippen molar-refractivity contribution in [3.8, 4) is 0 Å². The minimum absolute atomic E-state index is 0.0500. The quantitative estimate of drug-likeness (QED) is 0.360. The summed E-state index contributed by atoms with van der Waals surface area (Å²) in [6.45, 7) is 24.1. The van der Waals surface area contributed by atoms with Crippen LogP contribution in [0.4, 0.5) is 0 Å². The first kappa shape index (κ1) is 36.2. The zero-order valence-electron chi connectivity index (χ0n) is 32.8. The van der Waals surface area contributed by atoms with Crippen molar-refractivity contribution in [1.29, 1.82) is 0 Å². The molecule has 8 aliphatic rings. The molecule has 2 N–H and O–H groups in total. The first-order valence-corrected chi connectivity index (χ1v) is 20.2. The van der Waals surface area contributed by atoms with Crippen molar-refractivity contribution in [2.24, 2.45) is 50.7 Å². The summed E-state index contributed by atoms with van der Waals surface area (Å²) in [6, 6.07) is 0. The van der Waals surface area contributed by atoms with E-state index in [9.17, 15) is 15.0 Å². The van der Waals surface area contributed by atoms with Crippen LogP contribution < -0.4 is 0 Å². The van der Waals surface area contributed by atoms with Crippen LogP contribution in [0.15, 0.2) is 0 Å². The van der Waals surface area contributed by atoms with Crippen molar-refractivity contribution in [2.45, 2.75) is 162 Å². The van der Waals surface area contributed by atoms with Crippen LogP contribution in [0, 0.1) is 50.7 Å². The highest BCUT2D eigenvalue weighted by Crippen LogP contribution is 2.89. The number of nitrogens with zero attached hydrogens (tertiary/aromatic N) is 2. The molecule has 50 heavy (non-hydrogen) atoms. The minimum atomic E-state index is -1.25. The van der Waals surface area contributed by atoms with Gasteiger partial charge in [-0.15, -0.1) is 0 Å². The van der Waals surface area contributed by atoms with Gasteiger partial charge in [-0.2, -0.15) is 0 Å².